The molecule has 6 nitrogen and oxygen atoms in total. The van der Waals surface area contributed by atoms with Crippen molar-refractivity contribution in [2.75, 3.05) is 4.72 Å². The Hall–Kier alpha value is -3.03. The third-order valence-corrected chi connectivity index (χ3v) is 5.67. The monoisotopic (exact) mass is 396 g/mol. The topological polar surface area (TPSA) is 84.8 Å². The number of pyridine rings is 1. The van der Waals surface area contributed by atoms with Gasteiger partial charge in [0, 0.05) is 17.1 Å². The van der Waals surface area contributed by atoms with Gasteiger partial charge in [0.05, 0.1) is 22.3 Å². The first-order valence-corrected chi connectivity index (χ1v) is 9.84. The lowest BCUT2D eigenvalue weighted by atomic mass is 10.1. The number of nitrogens with zero attached hydrogens (tertiary/aromatic N) is 3. The third kappa shape index (κ3) is 3.60. The summed E-state index contributed by atoms with van der Waals surface area (Å²) >= 11 is 6.12. The number of anilines is 1. The Morgan fingerprint density at radius 1 is 0.926 bits per heavy atom. The molecule has 134 valence electrons. The van der Waals surface area contributed by atoms with Crippen molar-refractivity contribution in [1.82, 2.24) is 15.2 Å². The fourth-order valence-corrected chi connectivity index (χ4v) is 3.93. The Labute approximate surface area is 160 Å². The predicted molar refractivity (Wildman–Crippen MR) is 105 cm³/mol. The number of fused-ring (bicyclic) bond motifs is 1. The van der Waals surface area contributed by atoms with Crippen LogP contribution in [0.2, 0.25) is 5.15 Å². The molecular formula is C19H13ClN4O2S. The standard InChI is InChI=1S/C19H13ClN4O2S/c20-19-18(24-27(25,26)16-4-2-1-3-5-16)11-15(12-21-19)13-6-7-17-14(10-13)8-9-22-23-17/h1-12,24H. The van der Waals surface area contributed by atoms with E-state index in [1.807, 2.05) is 24.3 Å². The van der Waals surface area contributed by atoms with E-state index in [-0.39, 0.29) is 15.7 Å². The van der Waals surface area contributed by atoms with Crippen LogP contribution in [-0.2, 0) is 10.0 Å². The lowest BCUT2D eigenvalue weighted by Crippen LogP contribution is -2.13. The SMILES string of the molecule is O=S(=O)(Nc1cc(-c2ccc3nnccc3c2)cnc1Cl)c1ccccc1. The molecule has 0 unspecified atom stereocenters. The van der Waals surface area contributed by atoms with E-state index in [9.17, 15) is 8.42 Å². The van der Waals surface area contributed by atoms with Crippen LogP contribution in [-0.4, -0.2) is 23.6 Å². The zero-order chi connectivity index (χ0) is 18.9. The Morgan fingerprint density at radius 2 is 1.74 bits per heavy atom. The van der Waals surface area contributed by atoms with Crippen molar-refractivity contribution in [3.05, 3.63) is 78.2 Å². The van der Waals surface area contributed by atoms with E-state index in [0.717, 1.165) is 22.0 Å². The summed E-state index contributed by atoms with van der Waals surface area (Å²) < 4.78 is 27.6. The average Bonchev–Trinajstić information content (AvgIpc) is 2.70. The van der Waals surface area contributed by atoms with Gasteiger partial charge in [-0.15, -0.1) is 0 Å². The molecule has 4 aromatic rings. The molecule has 2 aromatic carbocycles. The van der Waals surface area contributed by atoms with E-state index >= 15 is 0 Å². The summed E-state index contributed by atoms with van der Waals surface area (Å²) in [6.45, 7) is 0. The average molecular weight is 397 g/mol. The van der Waals surface area contributed by atoms with Crippen molar-refractivity contribution in [2.45, 2.75) is 4.90 Å². The highest BCUT2D eigenvalue weighted by Crippen LogP contribution is 2.29. The van der Waals surface area contributed by atoms with E-state index in [0.29, 0.717) is 0 Å². The van der Waals surface area contributed by atoms with E-state index < -0.39 is 10.0 Å². The third-order valence-electron chi connectivity index (χ3n) is 3.98. The van der Waals surface area contributed by atoms with Crippen molar-refractivity contribution in [2.24, 2.45) is 0 Å². The molecule has 0 atom stereocenters. The van der Waals surface area contributed by atoms with E-state index in [2.05, 4.69) is 19.9 Å². The zero-order valence-electron chi connectivity index (χ0n) is 13.9. The Morgan fingerprint density at radius 3 is 2.56 bits per heavy atom. The second-order valence-corrected chi connectivity index (χ2v) is 7.83. The largest absolute Gasteiger partial charge is 0.276 e. The first kappa shape index (κ1) is 17.4. The maximum absolute atomic E-state index is 12.6. The molecule has 27 heavy (non-hydrogen) atoms. The summed E-state index contributed by atoms with van der Waals surface area (Å²) in [5.41, 5.74) is 2.57. The van der Waals surface area contributed by atoms with Crippen molar-refractivity contribution in [3.8, 4) is 11.1 Å². The molecule has 4 rings (SSSR count). The molecule has 0 spiro atoms. The van der Waals surface area contributed by atoms with Gasteiger partial charge in [0.1, 0.15) is 0 Å². The number of hydrogen-bond acceptors (Lipinski definition) is 5. The van der Waals surface area contributed by atoms with Crippen molar-refractivity contribution >= 4 is 38.2 Å². The number of aromatic nitrogens is 3. The molecule has 0 amide bonds. The number of halogens is 1. The van der Waals surface area contributed by atoms with E-state index in [4.69, 9.17) is 11.6 Å². The lowest BCUT2D eigenvalue weighted by Gasteiger charge is -2.11. The van der Waals surface area contributed by atoms with Crippen LogP contribution in [0.5, 0.6) is 0 Å². The fourth-order valence-electron chi connectivity index (χ4n) is 2.65. The molecule has 2 aromatic heterocycles. The molecular weight excluding hydrogens is 384 g/mol. The molecule has 0 saturated carbocycles. The van der Waals surface area contributed by atoms with Gasteiger partial charge >= 0.3 is 0 Å². The normalized spacial score (nSPS) is 11.4. The first-order valence-electron chi connectivity index (χ1n) is 7.98. The van der Waals surface area contributed by atoms with Crippen LogP contribution in [0.1, 0.15) is 0 Å². The second kappa shape index (κ2) is 6.94. The van der Waals surface area contributed by atoms with Crippen LogP contribution in [0, 0.1) is 0 Å². The van der Waals surface area contributed by atoms with Crippen LogP contribution in [0.25, 0.3) is 22.0 Å². The van der Waals surface area contributed by atoms with Gasteiger partial charge in [0.2, 0.25) is 0 Å². The van der Waals surface area contributed by atoms with Gasteiger partial charge in [-0.25, -0.2) is 13.4 Å². The molecule has 0 aliphatic carbocycles. The summed E-state index contributed by atoms with van der Waals surface area (Å²) in [7, 11) is -3.76. The van der Waals surface area contributed by atoms with Crippen LogP contribution < -0.4 is 4.72 Å². The second-order valence-electron chi connectivity index (χ2n) is 5.79. The van der Waals surface area contributed by atoms with Crippen LogP contribution in [0.3, 0.4) is 0 Å². The minimum Gasteiger partial charge on any atom is -0.276 e. The van der Waals surface area contributed by atoms with Crippen molar-refractivity contribution in [3.63, 3.8) is 0 Å². The number of benzene rings is 2. The molecule has 8 heteroatoms. The Balaban J connectivity index is 1.73. The highest BCUT2D eigenvalue weighted by molar-refractivity contribution is 7.92. The van der Waals surface area contributed by atoms with Gasteiger partial charge in [0.25, 0.3) is 10.0 Å². The molecule has 0 radical (unpaired) electrons. The smallest absolute Gasteiger partial charge is 0.261 e. The molecule has 0 aliphatic heterocycles. The van der Waals surface area contributed by atoms with Gasteiger partial charge in [-0.05, 0) is 42.0 Å². The van der Waals surface area contributed by atoms with Crippen LogP contribution in [0.15, 0.2) is 78.0 Å². The minimum atomic E-state index is -3.76. The summed E-state index contributed by atoms with van der Waals surface area (Å²) in [5.74, 6) is 0. The maximum Gasteiger partial charge on any atom is 0.261 e. The van der Waals surface area contributed by atoms with Gasteiger partial charge in [-0.2, -0.15) is 10.2 Å². The Kier molecular flexibility index (Phi) is 4.47. The fraction of sp³-hybridized carbons (Fsp3) is 0. The number of sulfonamides is 1. The van der Waals surface area contributed by atoms with Crippen molar-refractivity contribution in [1.29, 1.82) is 0 Å². The molecule has 2 heterocycles. The number of nitrogens with one attached hydrogen (secondary N) is 1. The quantitative estimate of drug-likeness (QED) is 0.524. The summed E-state index contributed by atoms with van der Waals surface area (Å²) in [4.78, 5) is 4.27. The van der Waals surface area contributed by atoms with E-state index in [1.165, 1.54) is 12.1 Å². The molecule has 0 bridgehead atoms. The van der Waals surface area contributed by atoms with Crippen molar-refractivity contribution < 1.29 is 8.42 Å². The maximum atomic E-state index is 12.6. The summed E-state index contributed by atoms with van der Waals surface area (Å²) in [5, 5.41) is 8.90. The van der Waals surface area contributed by atoms with Gasteiger partial charge in [-0.1, -0.05) is 35.9 Å². The van der Waals surface area contributed by atoms with Crippen LogP contribution in [0.4, 0.5) is 5.69 Å². The molecule has 0 fully saturated rings. The van der Waals surface area contributed by atoms with E-state index in [1.54, 1.807) is 36.7 Å². The molecule has 0 aliphatic rings. The number of hydrogen-bond donors (Lipinski definition) is 1. The van der Waals surface area contributed by atoms with Gasteiger partial charge in [-0.3, -0.25) is 4.72 Å². The van der Waals surface area contributed by atoms with Crippen LogP contribution >= 0.6 is 11.6 Å². The summed E-state index contributed by atoms with van der Waals surface area (Å²) in [6, 6.07) is 17.3. The lowest BCUT2D eigenvalue weighted by molar-refractivity contribution is 0.601. The number of rotatable bonds is 4. The Bertz CT molecular complexity index is 1230. The minimum absolute atomic E-state index is 0.0740. The molecule has 1 N–H and O–H groups in total. The predicted octanol–water partition coefficient (Wildman–Crippen LogP) is 4.15. The van der Waals surface area contributed by atoms with Gasteiger partial charge < -0.3 is 0 Å². The molecule has 0 saturated heterocycles. The highest BCUT2D eigenvalue weighted by Gasteiger charge is 2.16. The first-order chi connectivity index (χ1) is 13.0. The summed E-state index contributed by atoms with van der Waals surface area (Å²) in [6.07, 6.45) is 3.21. The van der Waals surface area contributed by atoms with Gasteiger partial charge in [0.15, 0.2) is 5.15 Å². The highest BCUT2D eigenvalue weighted by atomic mass is 35.5. The zero-order valence-corrected chi connectivity index (χ0v) is 15.4.